The van der Waals surface area contributed by atoms with Crippen molar-refractivity contribution in [2.24, 2.45) is 11.3 Å². The number of hydrogen-bond acceptors (Lipinski definition) is 1. The third kappa shape index (κ3) is 3.08. The van der Waals surface area contributed by atoms with Crippen LogP contribution in [-0.4, -0.2) is 5.78 Å². The van der Waals surface area contributed by atoms with E-state index < -0.39 is 0 Å². The van der Waals surface area contributed by atoms with Crippen LogP contribution in [0.4, 0.5) is 0 Å². The van der Waals surface area contributed by atoms with Gasteiger partial charge < -0.3 is 0 Å². The lowest BCUT2D eigenvalue weighted by Crippen LogP contribution is -2.16. The molecular formula is C18H26O. The van der Waals surface area contributed by atoms with E-state index in [9.17, 15) is 4.79 Å². The molecule has 1 fully saturated rings. The van der Waals surface area contributed by atoms with Crippen molar-refractivity contribution in [3.8, 4) is 0 Å². The molecule has 1 aliphatic rings. The van der Waals surface area contributed by atoms with Gasteiger partial charge in [-0.15, -0.1) is 0 Å². The van der Waals surface area contributed by atoms with Gasteiger partial charge in [-0.1, -0.05) is 58.9 Å². The van der Waals surface area contributed by atoms with Crippen LogP contribution in [0.5, 0.6) is 0 Å². The lowest BCUT2D eigenvalue weighted by Gasteiger charge is -2.20. The fourth-order valence-corrected chi connectivity index (χ4v) is 2.70. The highest BCUT2D eigenvalue weighted by molar-refractivity contribution is 5.96. The van der Waals surface area contributed by atoms with Crippen molar-refractivity contribution in [3.63, 3.8) is 0 Å². The standard InChI is InChI=1S/C18H26O/c1-13(2)18(10-11-18)12-16(19)14-6-8-15(9-7-14)17(3,4)5/h6-9,13H,10-12H2,1-5H3. The van der Waals surface area contributed by atoms with E-state index in [0.717, 1.165) is 12.0 Å². The summed E-state index contributed by atoms with van der Waals surface area (Å²) in [6, 6.07) is 8.20. The third-order valence-electron chi connectivity index (χ3n) is 4.70. The summed E-state index contributed by atoms with van der Waals surface area (Å²) in [4.78, 5) is 12.4. The average molecular weight is 258 g/mol. The molecule has 0 bridgehead atoms. The van der Waals surface area contributed by atoms with Crippen LogP contribution in [0.1, 0.15) is 69.8 Å². The lowest BCUT2D eigenvalue weighted by atomic mass is 9.84. The number of hydrogen-bond donors (Lipinski definition) is 0. The summed E-state index contributed by atoms with van der Waals surface area (Å²) in [5.74, 6) is 0.928. The molecule has 0 spiro atoms. The smallest absolute Gasteiger partial charge is 0.163 e. The van der Waals surface area contributed by atoms with Crippen molar-refractivity contribution in [3.05, 3.63) is 35.4 Å². The summed E-state index contributed by atoms with van der Waals surface area (Å²) < 4.78 is 0. The molecule has 1 nitrogen and oxygen atoms in total. The first-order valence-electron chi connectivity index (χ1n) is 7.38. The second kappa shape index (κ2) is 4.77. The van der Waals surface area contributed by atoms with E-state index in [1.54, 1.807) is 0 Å². The predicted molar refractivity (Wildman–Crippen MR) is 80.6 cm³/mol. The van der Waals surface area contributed by atoms with E-state index in [-0.39, 0.29) is 5.41 Å². The van der Waals surface area contributed by atoms with Gasteiger partial charge in [0.2, 0.25) is 0 Å². The summed E-state index contributed by atoms with van der Waals surface area (Å²) in [6.07, 6.45) is 3.16. The van der Waals surface area contributed by atoms with Gasteiger partial charge in [0, 0.05) is 12.0 Å². The van der Waals surface area contributed by atoms with Crippen molar-refractivity contribution >= 4 is 5.78 Å². The number of Topliss-reactive ketones (excluding diaryl/α,β-unsaturated/α-hetero) is 1. The average Bonchev–Trinajstić information content (AvgIpc) is 3.09. The Bertz CT molecular complexity index is 455. The lowest BCUT2D eigenvalue weighted by molar-refractivity contribution is 0.0938. The van der Waals surface area contributed by atoms with Crippen LogP contribution < -0.4 is 0 Å². The van der Waals surface area contributed by atoms with Gasteiger partial charge in [0.15, 0.2) is 5.78 Å². The summed E-state index contributed by atoms with van der Waals surface area (Å²) in [5, 5.41) is 0. The molecule has 0 heterocycles. The number of rotatable bonds is 4. The Balaban J connectivity index is 2.09. The van der Waals surface area contributed by atoms with Gasteiger partial charge in [-0.05, 0) is 35.2 Å². The van der Waals surface area contributed by atoms with E-state index in [4.69, 9.17) is 0 Å². The van der Waals surface area contributed by atoms with Gasteiger partial charge in [-0.3, -0.25) is 4.79 Å². The van der Waals surface area contributed by atoms with Gasteiger partial charge in [-0.25, -0.2) is 0 Å². The van der Waals surface area contributed by atoms with Crippen LogP contribution >= 0.6 is 0 Å². The van der Waals surface area contributed by atoms with Crippen LogP contribution in [0.15, 0.2) is 24.3 Å². The summed E-state index contributed by atoms with van der Waals surface area (Å²) in [7, 11) is 0. The van der Waals surface area contributed by atoms with E-state index in [0.29, 0.717) is 17.1 Å². The normalized spacial score (nSPS) is 17.6. The molecule has 0 N–H and O–H groups in total. The minimum absolute atomic E-state index is 0.150. The Morgan fingerprint density at radius 3 is 2.05 bits per heavy atom. The molecule has 1 aromatic carbocycles. The molecule has 19 heavy (non-hydrogen) atoms. The van der Waals surface area contributed by atoms with E-state index >= 15 is 0 Å². The van der Waals surface area contributed by atoms with Crippen LogP contribution in [0.2, 0.25) is 0 Å². The third-order valence-corrected chi connectivity index (χ3v) is 4.70. The van der Waals surface area contributed by atoms with Gasteiger partial charge in [0.1, 0.15) is 0 Å². The second-order valence-electron chi connectivity index (χ2n) is 7.44. The molecule has 0 atom stereocenters. The summed E-state index contributed by atoms with van der Waals surface area (Å²) >= 11 is 0. The van der Waals surface area contributed by atoms with Crippen molar-refractivity contribution in [1.82, 2.24) is 0 Å². The first-order chi connectivity index (χ1) is 8.74. The van der Waals surface area contributed by atoms with Gasteiger partial charge >= 0.3 is 0 Å². The zero-order valence-corrected chi connectivity index (χ0v) is 12.9. The second-order valence-corrected chi connectivity index (χ2v) is 7.44. The molecule has 1 aromatic rings. The van der Waals surface area contributed by atoms with Gasteiger partial charge in [0.05, 0.1) is 0 Å². The van der Waals surface area contributed by atoms with Crippen LogP contribution in [0.3, 0.4) is 0 Å². The maximum Gasteiger partial charge on any atom is 0.163 e. The van der Waals surface area contributed by atoms with Crippen LogP contribution in [0, 0.1) is 11.3 Å². The first-order valence-corrected chi connectivity index (χ1v) is 7.38. The fourth-order valence-electron chi connectivity index (χ4n) is 2.70. The van der Waals surface area contributed by atoms with Crippen LogP contribution in [0.25, 0.3) is 0 Å². The van der Waals surface area contributed by atoms with Crippen molar-refractivity contribution in [2.75, 3.05) is 0 Å². The monoisotopic (exact) mass is 258 g/mol. The van der Waals surface area contributed by atoms with Gasteiger partial charge in [0.25, 0.3) is 0 Å². The van der Waals surface area contributed by atoms with Gasteiger partial charge in [-0.2, -0.15) is 0 Å². The molecule has 0 aromatic heterocycles. The quantitative estimate of drug-likeness (QED) is 0.695. The van der Waals surface area contributed by atoms with Crippen molar-refractivity contribution < 1.29 is 4.79 Å². The molecule has 0 aliphatic heterocycles. The highest BCUT2D eigenvalue weighted by Crippen LogP contribution is 2.55. The van der Waals surface area contributed by atoms with Crippen LogP contribution in [-0.2, 0) is 5.41 Å². The molecule has 1 aliphatic carbocycles. The Morgan fingerprint density at radius 2 is 1.68 bits per heavy atom. The zero-order chi connectivity index (χ0) is 14.3. The molecule has 2 rings (SSSR count). The fraction of sp³-hybridized carbons (Fsp3) is 0.611. The topological polar surface area (TPSA) is 17.1 Å². The molecule has 0 unspecified atom stereocenters. The Labute approximate surface area is 117 Å². The Kier molecular flexibility index (Phi) is 3.59. The Hall–Kier alpha value is -1.11. The van der Waals surface area contributed by atoms with E-state index in [2.05, 4.69) is 46.8 Å². The van der Waals surface area contributed by atoms with E-state index in [1.807, 2.05) is 12.1 Å². The Morgan fingerprint density at radius 1 is 1.16 bits per heavy atom. The molecular weight excluding hydrogens is 232 g/mol. The highest BCUT2D eigenvalue weighted by atomic mass is 16.1. The van der Waals surface area contributed by atoms with E-state index in [1.165, 1.54) is 18.4 Å². The number of carbonyl (C=O) groups excluding carboxylic acids is 1. The number of ketones is 1. The van der Waals surface area contributed by atoms with Crippen molar-refractivity contribution in [1.29, 1.82) is 0 Å². The summed E-state index contributed by atoms with van der Waals surface area (Å²) in [6.45, 7) is 11.1. The molecule has 0 radical (unpaired) electrons. The molecule has 104 valence electrons. The largest absolute Gasteiger partial charge is 0.294 e. The minimum Gasteiger partial charge on any atom is -0.294 e. The zero-order valence-electron chi connectivity index (χ0n) is 12.9. The SMILES string of the molecule is CC(C)C1(CC(=O)c2ccc(C(C)(C)C)cc2)CC1. The highest BCUT2D eigenvalue weighted by Gasteiger charge is 2.46. The number of carbonyl (C=O) groups is 1. The first kappa shape index (κ1) is 14.3. The number of benzene rings is 1. The minimum atomic E-state index is 0.150. The molecule has 0 saturated heterocycles. The maximum absolute atomic E-state index is 12.4. The molecule has 1 saturated carbocycles. The molecule has 0 amide bonds. The maximum atomic E-state index is 12.4. The summed E-state index contributed by atoms with van der Waals surface area (Å²) in [5.41, 5.74) is 2.62. The van der Waals surface area contributed by atoms with Crippen molar-refractivity contribution in [2.45, 2.75) is 59.3 Å². The molecule has 1 heteroatoms. The predicted octanol–water partition coefficient (Wildman–Crippen LogP) is 4.99.